The Hall–Kier alpha value is -1.66. The summed E-state index contributed by atoms with van der Waals surface area (Å²) < 4.78 is 53.3. The molecule has 1 heterocycles. The van der Waals surface area contributed by atoms with Gasteiger partial charge < -0.3 is 0 Å². The third kappa shape index (κ3) is 4.79. The first-order valence-electron chi connectivity index (χ1n) is 7.30. The van der Waals surface area contributed by atoms with Crippen molar-refractivity contribution >= 4 is 48.9 Å². The summed E-state index contributed by atoms with van der Waals surface area (Å²) in [5.41, 5.74) is -0.391. The van der Waals surface area contributed by atoms with Crippen LogP contribution in [0.3, 0.4) is 0 Å². The van der Waals surface area contributed by atoms with Gasteiger partial charge in [0.25, 0.3) is 15.6 Å². The molecule has 0 atom stereocenters. The Kier molecular flexibility index (Phi) is 6.22. The molecule has 0 bridgehead atoms. The van der Waals surface area contributed by atoms with E-state index in [2.05, 4.69) is 9.82 Å². The smallest absolute Gasteiger partial charge is 0.282 e. The highest BCUT2D eigenvalue weighted by molar-refractivity contribution is 7.91. The number of hydrogen-bond acceptors (Lipinski definition) is 6. The van der Waals surface area contributed by atoms with Gasteiger partial charge in [-0.3, -0.25) is 9.52 Å². The normalized spacial score (nSPS) is 12.4. The van der Waals surface area contributed by atoms with Crippen LogP contribution in [0, 0.1) is 6.92 Å². The summed E-state index contributed by atoms with van der Waals surface area (Å²) in [5.74, 6) is -0.827. The number of anilines is 1. The van der Waals surface area contributed by atoms with E-state index in [4.69, 9.17) is 23.2 Å². The van der Waals surface area contributed by atoms with Gasteiger partial charge in [-0.1, -0.05) is 29.3 Å². The second-order valence-electron chi connectivity index (χ2n) is 5.72. The molecule has 9 nitrogen and oxygen atoms in total. The molecule has 1 N–H and O–H groups in total. The van der Waals surface area contributed by atoms with E-state index in [0.29, 0.717) is 10.2 Å². The summed E-state index contributed by atoms with van der Waals surface area (Å²) in [4.78, 5) is 11.9. The monoisotopic (exact) mass is 454 g/mol. The first kappa shape index (κ1) is 21.6. The molecule has 0 amide bonds. The lowest BCUT2D eigenvalue weighted by Gasteiger charge is -2.15. The Bertz CT molecular complexity index is 1140. The van der Waals surface area contributed by atoms with Crippen molar-refractivity contribution in [2.75, 3.05) is 18.8 Å². The van der Waals surface area contributed by atoms with E-state index >= 15 is 0 Å². The van der Waals surface area contributed by atoms with Crippen LogP contribution in [0.5, 0.6) is 0 Å². The Morgan fingerprint density at radius 1 is 1.19 bits per heavy atom. The second-order valence-corrected chi connectivity index (χ2v) is 10.3. The average molecular weight is 455 g/mol. The number of benzene rings is 1. The van der Waals surface area contributed by atoms with Gasteiger partial charge in [-0.2, -0.15) is 5.10 Å². The molecule has 0 radical (unpaired) electrons. The number of nitrogens with zero attached hydrogens (tertiary/aromatic N) is 3. The van der Waals surface area contributed by atoms with Gasteiger partial charge in [0.2, 0.25) is 10.0 Å². The van der Waals surface area contributed by atoms with Gasteiger partial charge in [-0.05, 0) is 24.6 Å². The molecule has 2 rings (SSSR count). The molecule has 0 saturated heterocycles. The minimum absolute atomic E-state index is 0.0223. The largest absolute Gasteiger partial charge is 0.288 e. The molecule has 148 valence electrons. The Morgan fingerprint density at radius 3 is 2.41 bits per heavy atom. The van der Waals surface area contributed by atoms with Crippen LogP contribution in [0.15, 0.2) is 34.1 Å². The molecular weight excluding hydrogens is 439 g/mol. The molecule has 0 saturated carbocycles. The number of rotatable bonds is 6. The number of aromatic nitrogens is 2. The molecule has 27 heavy (non-hydrogen) atoms. The maximum atomic E-state index is 12.4. The minimum atomic E-state index is -4.09. The highest BCUT2D eigenvalue weighted by Crippen LogP contribution is 2.23. The van der Waals surface area contributed by atoms with Gasteiger partial charge in [-0.25, -0.2) is 25.8 Å². The van der Waals surface area contributed by atoms with Crippen LogP contribution in [0.4, 0.5) is 5.69 Å². The molecule has 0 unspecified atom stereocenters. The molecular formula is C14H16Cl2N4O5S2. The standard InChI is InChI=1S/C14H16Cl2N4O5S2/c1-9-4-5-10(6-12(9)27(24,25)19(2)3)18-26(22,23)8-20-14(21)13(16)11(15)7-17-20/h4-7,18H,8H2,1-3H3. The molecule has 0 spiro atoms. The Labute approximate surface area is 166 Å². The Morgan fingerprint density at radius 2 is 1.81 bits per heavy atom. The molecule has 0 aliphatic heterocycles. The number of aryl methyl sites for hydroxylation is 1. The lowest BCUT2D eigenvalue weighted by molar-refractivity contribution is 0.520. The topological polar surface area (TPSA) is 118 Å². The van der Waals surface area contributed by atoms with Gasteiger partial charge in [0, 0.05) is 19.8 Å². The van der Waals surface area contributed by atoms with Gasteiger partial charge in [0.05, 0.1) is 16.1 Å². The number of halogens is 2. The van der Waals surface area contributed by atoms with E-state index in [1.165, 1.54) is 32.3 Å². The van der Waals surface area contributed by atoms with Crippen LogP contribution in [0.2, 0.25) is 10.0 Å². The van der Waals surface area contributed by atoms with Crippen LogP contribution >= 0.6 is 23.2 Å². The summed E-state index contributed by atoms with van der Waals surface area (Å²) in [6, 6.07) is 4.08. The van der Waals surface area contributed by atoms with Crippen molar-refractivity contribution in [1.29, 1.82) is 0 Å². The van der Waals surface area contributed by atoms with E-state index in [1.54, 1.807) is 6.92 Å². The zero-order valence-corrected chi connectivity index (χ0v) is 17.6. The lowest BCUT2D eigenvalue weighted by atomic mass is 10.2. The predicted molar refractivity (Wildman–Crippen MR) is 103 cm³/mol. The van der Waals surface area contributed by atoms with E-state index in [-0.39, 0.29) is 20.6 Å². The number of nitrogens with one attached hydrogen (secondary N) is 1. The minimum Gasteiger partial charge on any atom is -0.282 e. The summed E-state index contributed by atoms with van der Waals surface area (Å²) in [5, 5.41) is 3.18. The molecule has 1 aromatic heterocycles. The summed E-state index contributed by atoms with van der Waals surface area (Å²) in [6.45, 7) is 1.59. The van der Waals surface area contributed by atoms with Crippen molar-refractivity contribution in [2.45, 2.75) is 17.7 Å². The fraction of sp³-hybridized carbons (Fsp3) is 0.286. The van der Waals surface area contributed by atoms with Crippen molar-refractivity contribution < 1.29 is 16.8 Å². The maximum absolute atomic E-state index is 12.4. The molecule has 1 aromatic carbocycles. The van der Waals surface area contributed by atoms with Crippen LogP contribution in [0.25, 0.3) is 0 Å². The average Bonchev–Trinajstić information content (AvgIpc) is 2.56. The van der Waals surface area contributed by atoms with Crippen molar-refractivity contribution in [2.24, 2.45) is 0 Å². The van der Waals surface area contributed by atoms with Crippen LogP contribution in [-0.4, -0.2) is 45.0 Å². The fourth-order valence-electron chi connectivity index (χ4n) is 2.05. The highest BCUT2D eigenvalue weighted by Gasteiger charge is 2.22. The van der Waals surface area contributed by atoms with Crippen molar-refractivity contribution in [3.8, 4) is 0 Å². The number of hydrogen-bond donors (Lipinski definition) is 1. The zero-order valence-electron chi connectivity index (χ0n) is 14.5. The SMILES string of the molecule is Cc1ccc(NS(=O)(=O)Cn2ncc(Cl)c(Cl)c2=O)cc1S(=O)(=O)N(C)C. The van der Waals surface area contributed by atoms with Crippen molar-refractivity contribution in [3.63, 3.8) is 0 Å². The summed E-state index contributed by atoms with van der Waals surface area (Å²) in [7, 11) is -5.12. The van der Waals surface area contributed by atoms with Crippen molar-refractivity contribution in [1.82, 2.24) is 14.1 Å². The lowest BCUT2D eigenvalue weighted by Crippen LogP contribution is -2.30. The van der Waals surface area contributed by atoms with Gasteiger partial charge in [0.1, 0.15) is 5.02 Å². The van der Waals surface area contributed by atoms with Crippen LogP contribution < -0.4 is 10.3 Å². The second kappa shape index (κ2) is 7.76. The van der Waals surface area contributed by atoms with Crippen LogP contribution in [0.1, 0.15) is 5.56 Å². The number of sulfonamides is 2. The maximum Gasteiger partial charge on any atom is 0.288 e. The van der Waals surface area contributed by atoms with Crippen molar-refractivity contribution in [3.05, 3.63) is 50.4 Å². The van der Waals surface area contributed by atoms with E-state index in [0.717, 1.165) is 10.5 Å². The van der Waals surface area contributed by atoms with Gasteiger partial charge >= 0.3 is 0 Å². The fourth-order valence-corrected chi connectivity index (χ4v) is 4.52. The molecule has 0 fully saturated rings. The van der Waals surface area contributed by atoms with Crippen LogP contribution in [-0.2, 0) is 25.9 Å². The quantitative estimate of drug-likeness (QED) is 0.706. The van der Waals surface area contributed by atoms with E-state index in [9.17, 15) is 21.6 Å². The third-order valence-electron chi connectivity index (χ3n) is 3.45. The molecule has 0 aliphatic carbocycles. The molecule has 2 aromatic rings. The predicted octanol–water partition coefficient (Wildman–Crippen LogP) is 1.51. The highest BCUT2D eigenvalue weighted by atomic mass is 35.5. The van der Waals surface area contributed by atoms with E-state index < -0.39 is 31.5 Å². The van der Waals surface area contributed by atoms with Gasteiger partial charge in [-0.15, -0.1) is 0 Å². The summed E-state index contributed by atoms with van der Waals surface area (Å²) in [6.07, 6.45) is 1.05. The zero-order chi connectivity index (χ0) is 20.6. The first-order chi connectivity index (χ1) is 12.3. The first-order valence-corrected chi connectivity index (χ1v) is 11.1. The Balaban J connectivity index is 2.37. The molecule has 0 aliphatic rings. The van der Waals surface area contributed by atoms with E-state index in [1.807, 2.05) is 0 Å². The van der Waals surface area contributed by atoms with Gasteiger partial charge in [0.15, 0.2) is 5.88 Å². The third-order valence-corrected chi connectivity index (χ3v) is 7.29. The molecule has 13 heteroatoms. The summed E-state index contributed by atoms with van der Waals surface area (Å²) >= 11 is 11.4.